The van der Waals surface area contributed by atoms with Gasteiger partial charge in [-0.3, -0.25) is 4.79 Å². The van der Waals surface area contributed by atoms with Crippen molar-refractivity contribution in [2.24, 2.45) is 0 Å². The molecule has 4 heteroatoms. The summed E-state index contributed by atoms with van der Waals surface area (Å²) in [7, 11) is 1.97. The Bertz CT molecular complexity index is 175. The number of rotatable bonds is 3. The highest BCUT2D eigenvalue weighted by Crippen LogP contribution is 2.10. The van der Waals surface area contributed by atoms with Crippen molar-refractivity contribution in [3.63, 3.8) is 0 Å². The van der Waals surface area contributed by atoms with E-state index in [4.69, 9.17) is 0 Å². The molecule has 1 atom stereocenters. The number of hydrogen-bond acceptors (Lipinski definition) is 3. The Morgan fingerprint density at radius 2 is 2.46 bits per heavy atom. The van der Waals surface area contributed by atoms with Gasteiger partial charge in [0.15, 0.2) is 0 Å². The molecule has 0 aliphatic carbocycles. The van der Waals surface area contributed by atoms with E-state index in [1.807, 2.05) is 18.2 Å². The van der Waals surface area contributed by atoms with Crippen molar-refractivity contribution in [3.05, 3.63) is 0 Å². The molecule has 1 heterocycles. The van der Waals surface area contributed by atoms with E-state index in [0.717, 1.165) is 19.5 Å². The van der Waals surface area contributed by atoms with Crippen LogP contribution < -0.4 is 5.32 Å². The zero-order valence-electron chi connectivity index (χ0n) is 8.38. The fraction of sp³-hybridized carbons (Fsp3) is 0.889. The molecule has 1 rings (SSSR count). The van der Waals surface area contributed by atoms with Gasteiger partial charge in [0.25, 0.3) is 0 Å². The van der Waals surface area contributed by atoms with Crippen LogP contribution in [0, 0.1) is 0 Å². The predicted molar refractivity (Wildman–Crippen MR) is 57.0 cm³/mol. The molecule has 0 spiro atoms. The number of nitrogens with zero attached hydrogens (tertiary/aromatic N) is 1. The zero-order chi connectivity index (χ0) is 9.68. The number of carbonyl (C=O) groups is 1. The minimum absolute atomic E-state index is 0.285. The molecule has 1 N–H and O–H groups in total. The average molecular weight is 202 g/mol. The van der Waals surface area contributed by atoms with Crippen LogP contribution in [0.4, 0.5) is 0 Å². The summed E-state index contributed by atoms with van der Waals surface area (Å²) in [5.41, 5.74) is 0. The molecule has 13 heavy (non-hydrogen) atoms. The third-order valence-corrected chi connectivity index (χ3v) is 2.99. The maximum atomic E-state index is 11.5. The Kier molecular flexibility index (Phi) is 4.59. The van der Waals surface area contributed by atoms with Crippen molar-refractivity contribution in [3.8, 4) is 0 Å². The third-order valence-electron chi connectivity index (χ3n) is 2.45. The average Bonchev–Trinajstić information content (AvgIpc) is 2.18. The van der Waals surface area contributed by atoms with Crippen molar-refractivity contribution in [2.45, 2.75) is 18.9 Å². The monoisotopic (exact) mass is 202 g/mol. The molecule has 3 nitrogen and oxygen atoms in total. The second kappa shape index (κ2) is 5.50. The van der Waals surface area contributed by atoms with Gasteiger partial charge in [-0.25, -0.2) is 0 Å². The van der Waals surface area contributed by atoms with E-state index in [0.29, 0.717) is 11.8 Å². The van der Waals surface area contributed by atoms with Crippen LogP contribution in [0.1, 0.15) is 12.8 Å². The first kappa shape index (κ1) is 10.9. The van der Waals surface area contributed by atoms with Crippen LogP contribution in [0.25, 0.3) is 0 Å². The van der Waals surface area contributed by atoms with E-state index in [1.165, 1.54) is 6.42 Å². The lowest BCUT2D eigenvalue weighted by atomic mass is 10.1. The lowest BCUT2D eigenvalue weighted by Gasteiger charge is -2.32. The van der Waals surface area contributed by atoms with Gasteiger partial charge >= 0.3 is 0 Å². The Balaban J connectivity index is 2.37. The fourth-order valence-corrected chi connectivity index (χ4v) is 2.08. The summed E-state index contributed by atoms with van der Waals surface area (Å²) >= 11 is 1.60. The summed E-state index contributed by atoms with van der Waals surface area (Å²) in [6.07, 6.45) is 4.29. The topological polar surface area (TPSA) is 32.3 Å². The minimum Gasteiger partial charge on any atom is -0.340 e. The first-order chi connectivity index (χ1) is 6.27. The number of hydrogen-bond donors (Lipinski definition) is 1. The smallest absolute Gasteiger partial charge is 0.232 e. The summed E-state index contributed by atoms with van der Waals surface area (Å²) in [5.74, 6) is 0.906. The highest BCUT2D eigenvalue weighted by molar-refractivity contribution is 7.99. The van der Waals surface area contributed by atoms with Gasteiger partial charge in [-0.05, 0) is 26.1 Å². The Morgan fingerprint density at radius 1 is 1.69 bits per heavy atom. The second-order valence-electron chi connectivity index (χ2n) is 3.40. The molecule has 1 saturated heterocycles. The molecule has 1 fully saturated rings. The Labute approximate surface area is 84.2 Å². The van der Waals surface area contributed by atoms with Crippen LogP contribution in [0.15, 0.2) is 0 Å². The summed E-state index contributed by atoms with van der Waals surface area (Å²) in [5, 5.41) is 3.23. The highest BCUT2D eigenvalue weighted by atomic mass is 32.2. The third kappa shape index (κ3) is 3.19. The van der Waals surface area contributed by atoms with Gasteiger partial charge < -0.3 is 10.2 Å². The largest absolute Gasteiger partial charge is 0.340 e. The van der Waals surface area contributed by atoms with Crippen LogP contribution in [0.5, 0.6) is 0 Å². The quantitative estimate of drug-likeness (QED) is 0.726. The van der Waals surface area contributed by atoms with E-state index in [9.17, 15) is 4.79 Å². The standard InChI is InChI=1S/C9H18N2OS/c1-10-8-4-3-5-11(6-8)9(12)7-13-2/h8,10H,3-7H2,1-2H3. The molecule has 0 aromatic carbocycles. The number of likely N-dealkylation sites (N-methyl/N-ethyl adjacent to an activating group) is 1. The lowest BCUT2D eigenvalue weighted by Crippen LogP contribution is -2.47. The van der Waals surface area contributed by atoms with Gasteiger partial charge in [-0.1, -0.05) is 0 Å². The molecule has 0 saturated carbocycles. The normalized spacial score (nSPS) is 23.2. The van der Waals surface area contributed by atoms with E-state index in [2.05, 4.69) is 5.32 Å². The fourth-order valence-electron chi connectivity index (χ4n) is 1.65. The molecule has 0 bridgehead atoms. The summed E-state index contributed by atoms with van der Waals surface area (Å²) in [6, 6.07) is 0.500. The van der Waals surface area contributed by atoms with Gasteiger partial charge in [0.2, 0.25) is 5.91 Å². The lowest BCUT2D eigenvalue weighted by molar-refractivity contribution is -0.129. The van der Waals surface area contributed by atoms with Crippen molar-refractivity contribution in [1.82, 2.24) is 10.2 Å². The molecule has 76 valence electrons. The summed E-state index contributed by atoms with van der Waals surface area (Å²) in [6.45, 7) is 1.83. The minimum atomic E-state index is 0.285. The Morgan fingerprint density at radius 3 is 3.08 bits per heavy atom. The second-order valence-corrected chi connectivity index (χ2v) is 4.27. The molecular formula is C9H18N2OS. The molecule has 0 aromatic rings. The van der Waals surface area contributed by atoms with E-state index in [1.54, 1.807) is 11.8 Å². The van der Waals surface area contributed by atoms with Crippen LogP contribution in [0.2, 0.25) is 0 Å². The van der Waals surface area contributed by atoms with E-state index in [-0.39, 0.29) is 5.91 Å². The summed E-state index contributed by atoms with van der Waals surface area (Å²) < 4.78 is 0. The molecule has 1 unspecified atom stereocenters. The van der Waals surface area contributed by atoms with E-state index >= 15 is 0 Å². The van der Waals surface area contributed by atoms with Gasteiger partial charge in [-0.15, -0.1) is 0 Å². The number of likely N-dealkylation sites (tertiary alicyclic amines) is 1. The highest BCUT2D eigenvalue weighted by Gasteiger charge is 2.21. The number of nitrogens with one attached hydrogen (secondary N) is 1. The number of thioether (sulfide) groups is 1. The first-order valence-corrected chi connectivity index (χ1v) is 6.11. The Hall–Kier alpha value is -0.220. The maximum Gasteiger partial charge on any atom is 0.232 e. The summed E-state index contributed by atoms with van der Waals surface area (Å²) in [4.78, 5) is 13.5. The van der Waals surface area contributed by atoms with Crippen LogP contribution in [-0.2, 0) is 4.79 Å². The molecule has 1 aliphatic rings. The molecular weight excluding hydrogens is 184 g/mol. The van der Waals surface area contributed by atoms with Gasteiger partial charge in [0.1, 0.15) is 0 Å². The van der Waals surface area contributed by atoms with Crippen molar-refractivity contribution in [2.75, 3.05) is 32.1 Å². The molecule has 0 aromatic heterocycles. The van der Waals surface area contributed by atoms with Gasteiger partial charge in [0, 0.05) is 19.1 Å². The van der Waals surface area contributed by atoms with Crippen LogP contribution >= 0.6 is 11.8 Å². The SMILES string of the molecule is CNC1CCCN(C(=O)CSC)C1. The van der Waals surface area contributed by atoms with Crippen molar-refractivity contribution in [1.29, 1.82) is 0 Å². The van der Waals surface area contributed by atoms with Gasteiger partial charge in [-0.2, -0.15) is 11.8 Å². The van der Waals surface area contributed by atoms with Gasteiger partial charge in [0.05, 0.1) is 5.75 Å². The first-order valence-electron chi connectivity index (χ1n) is 4.72. The zero-order valence-corrected chi connectivity index (χ0v) is 9.19. The molecule has 0 radical (unpaired) electrons. The van der Waals surface area contributed by atoms with Crippen molar-refractivity contribution < 1.29 is 4.79 Å². The van der Waals surface area contributed by atoms with Crippen molar-refractivity contribution >= 4 is 17.7 Å². The van der Waals surface area contributed by atoms with Crippen LogP contribution in [-0.4, -0.2) is 49.0 Å². The number of piperidine rings is 1. The molecule has 1 aliphatic heterocycles. The maximum absolute atomic E-state index is 11.5. The van der Waals surface area contributed by atoms with E-state index < -0.39 is 0 Å². The number of carbonyl (C=O) groups excluding carboxylic acids is 1. The predicted octanol–water partition coefficient (Wildman–Crippen LogP) is 0.560. The van der Waals surface area contributed by atoms with Crippen LogP contribution in [0.3, 0.4) is 0 Å². The molecule has 1 amide bonds. The number of amides is 1.